The van der Waals surface area contributed by atoms with Gasteiger partial charge in [0.2, 0.25) is 0 Å². The van der Waals surface area contributed by atoms with Crippen molar-refractivity contribution in [3.05, 3.63) is 33.8 Å². The minimum absolute atomic E-state index is 0.155. The van der Waals surface area contributed by atoms with Crippen LogP contribution in [0, 0.1) is 6.92 Å². The maximum Gasteiger partial charge on any atom is 0.253 e. The van der Waals surface area contributed by atoms with E-state index < -0.39 is 0 Å². The lowest BCUT2D eigenvalue weighted by Crippen LogP contribution is -2.47. The number of hydrogen-bond acceptors (Lipinski definition) is 2. The highest BCUT2D eigenvalue weighted by Crippen LogP contribution is 2.20. The second-order valence-corrected chi connectivity index (χ2v) is 6.33. The van der Waals surface area contributed by atoms with Gasteiger partial charge in [-0.2, -0.15) is 0 Å². The maximum atomic E-state index is 12.5. The Morgan fingerprint density at radius 3 is 2.79 bits per heavy atom. The second-order valence-electron chi connectivity index (χ2n) is 5.47. The topological polar surface area (TPSA) is 23.6 Å². The van der Waals surface area contributed by atoms with E-state index in [1.54, 1.807) is 0 Å². The summed E-state index contributed by atoms with van der Waals surface area (Å²) >= 11 is 3.47. The van der Waals surface area contributed by atoms with Crippen LogP contribution in [-0.2, 0) is 0 Å². The number of aryl methyl sites for hydroxylation is 1. The molecule has 1 aliphatic heterocycles. The number of likely N-dealkylation sites (tertiary alicyclic amines) is 1. The molecule has 4 heteroatoms. The first kappa shape index (κ1) is 14.5. The average Bonchev–Trinajstić information content (AvgIpc) is 2.41. The van der Waals surface area contributed by atoms with Gasteiger partial charge in [-0.15, -0.1) is 0 Å². The second kappa shape index (κ2) is 6.06. The van der Waals surface area contributed by atoms with Gasteiger partial charge in [0.1, 0.15) is 0 Å². The third-order valence-corrected chi connectivity index (χ3v) is 4.71. The summed E-state index contributed by atoms with van der Waals surface area (Å²) in [7, 11) is 4.17. The Kier molecular flexibility index (Phi) is 4.63. The summed E-state index contributed by atoms with van der Waals surface area (Å²) in [4.78, 5) is 16.7. The number of amides is 1. The van der Waals surface area contributed by atoms with E-state index in [-0.39, 0.29) is 5.91 Å². The molecule has 1 unspecified atom stereocenters. The fourth-order valence-corrected chi connectivity index (χ4v) is 2.77. The van der Waals surface area contributed by atoms with Crippen molar-refractivity contribution in [2.45, 2.75) is 25.8 Å². The number of halogens is 1. The van der Waals surface area contributed by atoms with Gasteiger partial charge in [0, 0.05) is 29.2 Å². The van der Waals surface area contributed by atoms with Gasteiger partial charge in [0.05, 0.1) is 0 Å². The molecule has 0 bridgehead atoms. The zero-order chi connectivity index (χ0) is 14.0. The predicted octanol–water partition coefficient (Wildman–Crippen LogP) is 2.92. The molecular formula is C15H21BrN2O. The van der Waals surface area contributed by atoms with Crippen LogP contribution in [0.15, 0.2) is 22.7 Å². The van der Waals surface area contributed by atoms with Crippen molar-refractivity contribution in [3.63, 3.8) is 0 Å². The van der Waals surface area contributed by atoms with E-state index in [4.69, 9.17) is 0 Å². The van der Waals surface area contributed by atoms with Crippen molar-refractivity contribution in [2.24, 2.45) is 0 Å². The van der Waals surface area contributed by atoms with E-state index in [1.807, 2.05) is 30.0 Å². The summed E-state index contributed by atoms with van der Waals surface area (Å²) in [6.45, 7) is 3.72. The van der Waals surface area contributed by atoms with Crippen LogP contribution in [0.3, 0.4) is 0 Å². The lowest BCUT2D eigenvalue weighted by molar-refractivity contribution is 0.0635. The third kappa shape index (κ3) is 3.37. The number of likely N-dealkylation sites (N-methyl/N-ethyl adjacent to an activating group) is 1. The van der Waals surface area contributed by atoms with Crippen molar-refractivity contribution < 1.29 is 4.79 Å². The van der Waals surface area contributed by atoms with Crippen LogP contribution in [0.4, 0.5) is 0 Å². The van der Waals surface area contributed by atoms with Crippen LogP contribution >= 0.6 is 15.9 Å². The molecule has 0 radical (unpaired) electrons. The standard InChI is InChI=1S/C15H21BrN2O/c1-11-9-12(6-7-14(11)16)15(19)18-8-4-5-13(10-18)17(2)3/h6-7,9,13H,4-5,8,10H2,1-3H3. The fraction of sp³-hybridized carbons (Fsp3) is 0.533. The Bertz CT molecular complexity index is 473. The highest BCUT2D eigenvalue weighted by atomic mass is 79.9. The molecule has 3 nitrogen and oxygen atoms in total. The summed E-state index contributed by atoms with van der Waals surface area (Å²) in [5, 5.41) is 0. The van der Waals surface area contributed by atoms with E-state index in [2.05, 4.69) is 34.9 Å². The number of nitrogens with zero attached hydrogens (tertiary/aromatic N) is 2. The molecule has 1 heterocycles. The van der Waals surface area contributed by atoms with E-state index in [1.165, 1.54) is 6.42 Å². The number of hydrogen-bond donors (Lipinski definition) is 0. The molecule has 1 aromatic rings. The van der Waals surface area contributed by atoms with E-state index in [0.717, 1.165) is 35.1 Å². The number of carbonyl (C=O) groups excluding carboxylic acids is 1. The Hall–Kier alpha value is -0.870. The highest BCUT2D eigenvalue weighted by molar-refractivity contribution is 9.10. The van der Waals surface area contributed by atoms with Crippen LogP contribution in [-0.4, -0.2) is 48.9 Å². The van der Waals surface area contributed by atoms with Crippen molar-refractivity contribution in [2.75, 3.05) is 27.2 Å². The highest BCUT2D eigenvalue weighted by Gasteiger charge is 2.25. The smallest absolute Gasteiger partial charge is 0.253 e. The Labute approximate surface area is 123 Å². The molecule has 1 aromatic carbocycles. The van der Waals surface area contributed by atoms with Crippen molar-refractivity contribution in [1.29, 1.82) is 0 Å². The number of carbonyl (C=O) groups is 1. The van der Waals surface area contributed by atoms with E-state index >= 15 is 0 Å². The summed E-state index contributed by atoms with van der Waals surface area (Å²) in [5.74, 6) is 0.155. The third-order valence-electron chi connectivity index (χ3n) is 3.82. The molecule has 19 heavy (non-hydrogen) atoms. The summed E-state index contributed by atoms with van der Waals surface area (Å²) in [6, 6.07) is 6.30. The number of benzene rings is 1. The summed E-state index contributed by atoms with van der Waals surface area (Å²) in [6.07, 6.45) is 2.26. The monoisotopic (exact) mass is 324 g/mol. The molecule has 0 spiro atoms. The minimum atomic E-state index is 0.155. The molecule has 1 amide bonds. The van der Waals surface area contributed by atoms with Gasteiger partial charge in [-0.3, -0.25) is 4.79 Å². The van der Waals surface area contributed by atoms with Crippen LogP contribution in [0.25, 0.3) is 0 Å². The van der Waals surface area contributed by atoms with Gasteiger partial charge in [0.15, 0.2) is 0 Å². The zero-order valence-electron chi connectivity index (χ0n) is 11.8. The molecule has 1 atom stereocenters. The molecule has 1 saturated heterocycles. The molecule has 0 N–H and O–H groups in total. The molecule has 1 fully saturated rings. The van der Waals surface area contributed by atoms with Gasteiger partial charge >= 0.3 is 0 Å². The molecule has 2 rings (SSSR count). The molecule has 1 aliphatic rings. The molecule has 0 aliphatic carbocycles. The van der Waals surface area contributed by atoms with Crippen molar-refractivity contribution in [3.8, 4) is 0 Å². The van der Waals surface area contributed by atoms with Crippen LogP contribution in [0.2, 0.25) is 0 Å². The Morgan fingerprint density at radius 2 is 2.16 bits per heavy atom. The normalized spacial score (nSPS) is 19.8. The Morgan fingerprint density at radius 1 is 1.42 bits per heavy atom. The van der Waals surface area contributed by atoms with Crippen molar-refractivity contribution >= 4 is 21.8 Å². The largest absolute Gasteiger partial charge is 0.337 e. The molecule has 0 aromatic heterocycles. The van der Waals surface area contributed by atoms with E-state index in [9.17, 15) is 4.79 Å². The van der Waals surface area contributed by atoms with Gasteiger partial charge in [-0.25, -0.2) is 0 Å². The SMILES string of the molecule is Cc1cc(C(=O)N2CCCC(N(C)C)C2)ccc1Br. The lowest BCUT2D eigenvalue weighted by atomic mass is 10.0. The quantitative estimate of drug-likeness (QED) is 0.835. The van der Waals surface area contributed by atoms with Crippen LogP contribution < -0.4 is 0 Å². The Balaban J connectivity index is 2.12. The predicted molar refractivity (Wildman–Crippen MR) is 81.5 cm³/mol. The number of piperidine rings is 1. The van der Waals surface area contributed by atoms with Gasteiger partial charge in [-0.1, -0.05) is 15.9 Å². The molecular weight excluding hydrogens is 304 g/mol. The number of rotatable bonds is 2. The first-order valence-corrected chi connectivity index (χ1v) is 7.50. The van der Waals surface area contributed by atoms with Gasteiger partial charge in [0.25, 0.3) is 5.91 Å². The van der Waals surface area contributed by atoms with Gasteiger partial charge < -0.3 is 9.80 Å². The first-order chi connectivity index (χ1) is 8.99. The van der Waals surface area contributed by atoms with Crippen LogP contribution in [0.1, 0.15) is 28.8 Å². The lowest BCUT2D eigenvalue weighted by Gasteiger charge is -2.36. The maximum absolute atomic E-state index is 12.5. The zero-order valence-corrected chi connectivity index (χ0v) is 13.4. The molecule has 0 saturated carbocycles. The molecule has 104 valence electrons. The van der Waals surface area contributed by atoms with E-state index in [0.29, 0.717) is 6.04 Å². The first-order valence-electron chi connectivity index (χ1n) is 6.71. The van der Waals surface area contributed by atoms with Gasteiger partial charge in [-0.05, 0) is 57.6 Å². The summed E-state index contributed by atoms with van der Waals surface area (Å²) < 4.78 is 1.05. The van der Waals surface area contributed by atoms with Crippen molar-refractivity contribution in [1.82, 2.24) is 9.80 Å². The van der Waals surface area contributed by atoms with Crippen LogP contribution in [0.5, 0.6) is 0 Å². The summed E-state index contributed by atoms with van der Waals surface area (Å²) in [5.41, 5.74) is 1.90. The average molecular weight is 325 g/mol. The minimum Gasteiger partial charge on any atom is -0.337 e. The fourth-order valence-electron chi connectivity index (χ4n) is 2.52.